The molecule has 9 rings (SSSR count). The van der Waals surface area contributed by atoms with Crippen LogP contribution >= 0.6 is 0 Å². The number of nitrogens with one attached hydrogen (secondary N) is 2. The summed E-state index contributed by atoms with van der Waals surface area (Å²) in [5.74, 6) is -2.13. The Kier molecular flexibility index (Phi) is 9.97. The van der Waals surface area contributed by atoms with Gasteiger partial charge in [-0.2, -0.15) is 0 Å². The maximum Gasteiger partial charge on any atom is 0.327 e. The summed E-state index contributed by atoms with van der Waals surface area (Å²) in [6.45, 7) is 2.82. The van der Waals surface area contributed by atoms with E-state index in [1.807, 2.05) is 21.4 Å². The van der Waals surface area contributed by atoms with Crippen LogP contribution < -0.4 is 36.0 Å². The average Bonchev–Trinajstić information content (AvgIpc) is 3.79. The molecule has 1 aliphatic carbocycles. The van der Waals surface area contributed by atoms with Crippen molar-refractivity contribution in [2.45, 2.75) is 44.3 Å². The van der Waals surface area contributed by atoms with Gasteiger partial charge < -0.3 is 43.2 Å². The number of aryl methyl sites for hydroxylation is 1. The van der Waals surface area contributed by atoms with Gasteiger partial charge in [-0.3, -0.25) is 14.9 Å². The summed E-state index contributed by atoms with van der Waals surface area (Å²) in [7, 11) is 5.47. The Labute approximate surface area is 335 Å². The summed E-state index contributed by atoms with van der Waals surface area (Å²) in [6, 6.07) is 0.936. The number of nitrogens with zero attached hydrogens (tertiary/aromatic N) is 8. The summed E-state index contributed by atoms with van der Waals surface area (Å²) >= 11 is 0. The number of piperidine rings is 1. The van der Waals surface area contributed by atoms with Crippen molar-refractivity contribution in [1.29, 1.82) is 0 Å². The number of ether oxygens (including phenoxy) is 1. The Hall–Kier alpha value is -5.69. The number of aromatic nitrogens is 4. The number of methoxy groups -OCH3 is 1. The molecule has 4 aliphatic rings. The van der Waals surface area contributed by atoms with Crippen LogP contribution in [0.5, 0.6) is 5.75 Å². The molecule has 3 aromatic heterocycles. The first-order valence-corrected chi connectivity index (χ1v) is 19.8. The van der Waals surface area contributed by atoms with E-state index in [0.717, 1.165) is 49.1 Å². The molecule has 2 atom stereocenters. The molecule has 2 amide bonds. The number of urea groups is 1. The van der Waals surface area contributed by atoms with Gasteiger partial charge in [-0.25, -0.2) is 22.4 Å². The zero-order valence-electron chi connectivity index (χ0n) is 32.9. The van der Waals surface area contributed by atoms with Gasteiger partial charge >= 0.3 is 12.0 Å². The standard InChI is InChI=1S/C40H44F4N10O5/c1-49-11-13-51(14-12-49)33-26(42)15-23-31(30(33)44)52(10-8-41)19-28(36(23)56)45-39(57)46-40-48-47-38(59-40)25-18-54(22-6-7-22)32-24(35(25)55)16-27(43)34(37(32)58-3)53-17-21-5-4-9-50(2)29(21)20-53/h15-16,18-19,21-22,29H,4-14,17,20H2,1-3H3,(H2,45,46,48,57). The fraction of sp³-hybridized carbons (Fsp3) is 0.475. The van der Waals surface area contributed by atoms with Crippen LogP contribution in [0.4, 0.5) is 45.4 Å². The van der Waals surface area contributed by atoms with Crippen molar-refractivity contribution in [2.75, 3.05) is 94.1 Å². The summed E-state index contributed by atoms with van der Waals surface area (Å²) in [6.07, 6.45) is 6.45. The van der Waals surface area contributed by atoms with Crippen LogP contribution in [-0.4, -0.2) is 115 Å². The van der Waals surface area contributed by atoms with Crippen molar-refractivity contribution in [3.05, 3.63) is 62.4 Å². The van der Waals surface area contributed by atoms with Gasteiger partial charge in [-0.1, -0.05) is 5.10 Å². The summed E-state index contributed by atoms with van der Waals surface area (Å²) in [5, 5.41) is 12.2. The molecule has 2 N–H and O–H groups in total. The SMILES string of the molecule is COc1c(N2CC3CCCN(C)C3C2)c(F)cc2c(=O)c(-c3nnc(NC(=O)Nc4cn(CCF)c5c(F)c(N6CCN(C)CC6)c(F)cc5c4=O)o3)cn(C3CC3)c12. The monoisotopic (exact) mass is 820 g/mol. The van der Waals surface area contributed by atoms with E-state index in [9.17, 15) is 18.8 Å². The highest BCUT2D eigenvalue weighted by Crippen LogP contribution is 2.46. The van der Waals surface area contributed by atoms with E-state index < -0.39 is 58.1 Å². The average molecular weight is 821 g/mol. The largest absolute Gasteiger partial charge is 0.492 e. The Morgan fingerprint density at radius 1 is 0.881 bits per heavy atom. The van der Waals surface area contributed by atoms with Crippen molar-refractivity contribution in [3.8, 4) is 17.2 Å². The number of piperazine rings is 1. The number of fused-ring (bicyclic) bond motifs is 3. The van der Waals surface area contributed by atoms with Crippen LogP contribution in [0.3, 0.4) is 0 Å². The summed E-state index contributed by atoms with van der Waals surface area (Å²) in [4.78, 5) is 48.7. The molecule has 0 radical (unpaired) electrons. The number of alkyl halides is 1. The molecule has 3 aliphatic heterocycles. The van der Waals surface area contributed by atoms with E-state index in [2.05, 4.69) is 32.8 Å². The Morgan fingerprint density at radius 2 is 1.61 bits per heavy atom. The second-order valence-corrected chi connectivity index (χ2v) is 16.0. The molecule has 19 heteroatoms. The number of halogens is 4. The van der Waals surface area contributed by atoms with Crippen LogP contribution in [0.2, 0.25) is 0 Å². The fourth-order valence-electron chi connectivity index (χ4n) is 9.10. The third-order valence-electron chi connectivity index (χ3n) is 12.2. The Balaban J connectivity index is 1.00. The van der Waals surface area contributed by atoms with Gasteiger partial charge in [0.25, 0.3) is 5.89 Å². The van der Waals surface area contributed by atoms with Gasteiger partial charge in [0, 0.05) is 63.7 Å². The number of hydrogen-bond donors (Lipinski definition) is 2. The first-order valence-electron chi connectivity index (χ1n) is 19.8. The number of hydrogen-bond acceptors (Lipinski definition) is 11. The summed E-state index contributed by atoms with van der Waals surface area (Å²) in [5.41, 5.74) is -1.73. The lowest BCUT2D eigenvalue weighted by atomic mass is 9.93. The molecule has 15 nitrogen and oxygen atoms in total. The highest BCUT2D eigenvalue weighted by Gasteiger charge is 2.40. The van der Waals surface area contributed by atoms with Crippen molar-refractivity contribution in [3.63, 3.8) is 0 Å². The summed E-state index contributed by atoms with van der Waals surface area (Å²) < 4.78 is 76.1. The van der Waals surface area contributed by atoms with Gasteiger partial charge in [-0.15, -0.1) is 5.10 Å². The quantitative estimate of drug-likeness (QED) is 0.193. The second-order valence-electron chi connectivity index (χ2n) is 16.0. The van der Waals surface area contributed by atoms with Crippen LogP contribution in [0.1, 0.15) is 31.7 Å². The molecule has 6 heterocycles. The number of likely N-dealkylation sites (tertiary alicyclic amines) is 1. The van der Waals surface area contributed by atoms with Gasteiger partial charge in [0.05, 0.1) is 35.5 Å². The highest BCUT2D eigenvalue weighted by atomic mass is 19.1. The Morgan fingerprint density at radius 3 is 2.31 bits per heavy atom. The molecule has 2 unspecified atom stereocenters. The lowest BCUT2D eigenvalue weighted by Gasteiger charge is -2.34. The van der Waals surface area contributed by atoms with E-state index in [4.69, 9.17) is 9.15 Å². The predicted octanol–water partition coefficient (Wildman–Crippen LogP) is 5.02. The minimum absolute atomic E-state index is 0.00590. The van der Waals surface area contributed by atoms with Gasteiger partial charge in [0.15, 0.2) is 17.4 Å². The van der Waals surface area contributed by atoms with Crippen LogP contribution in [0.25, 0.3) is 33.3 Å². The van der Waals surface area contributed by atoms with E-state index in [-0.39, 0.29) is 46.4 Å². The number of carbonyl (C=O) groups is 1. The van der Waals surface area contributed by atoms with Crippen molar-refractivity contribution < 1.29 is 31.5 Å². The lowest BCUT2D eigenvalue weighted by Crippen LogP contribution is -2.45. The predicted molar refractivity (Wildman–Crippen MR) is 214 cm³/mol. The first-order chi connectivity index (χ1) is 28.4. The van der Waals surface area contributed by atoms with Gasteiger partial charge in [0.1, 0.15) is 35.1 Å². The minimum Gasteiger partial charge on any atom is -0.492 e. The van der Waals surface area contributed by atoms with Crippen molar-refractivity contribution in [1.82, 2.24) is 29.1 Å². The molecule has 0 bridgehead atoms. The minimum atomic E-state index is -1.04. The normalized spacial score (nSPS) is 20.1. The van der Waals surface area contributed by atoms with E-state index in [1.165, 1.54) is 13.2 Å². The molecule has 59 heavy (non-hydrogen) atoms. The highest BCUT2D eigenvalue weighted by molar-refractivity contribution is 6.00. The third kappa shape index (κ3) is 6.82. The van der Waals surface area contributed by atoms with Gasteiger partial charge in [0.2, 0.25) is 10.9 Å². The molecule has 5 aromatic rings. The number of rotatable bonds is 9. The van der Waals surface area contributed by atoms with Gasteiger partial charge in [-0.05, 0) is 64.4 Å². The smallest absolute Gasteiger partial charge is 0.327 e. The molecular weight excluding hydrogens is 776 g/mol. The Bertz CT molecular complexity index is 2600. The lowest BCUT2D eigenvalue weighted by molar-refractivity contribution is 0.158. The topological polar surface area (TPSA) is 146 Å². The number of anilines is 4. The molecule has 4 fully saturated rings. The fourth-order valence-corrected chi connectivity index (χ4v) is 9.10. The molecule has 2 aromatic carbocycles. The zero-order valence-corrected chi connectivity index (χ0v) is 32.9. The number of amides is 2. The molecule has 312 valence electrons. The number of pyridine rings is 2. The van der Waals surface area contributed by atoms with Crippen LogP contribution in [-0.2, 0) is 6.54 Å². The number of carbonyl (C=O) groups excluding carboxylic acids is 1. The maximum atomic E-state index is 16.2. The molecular formula is C40H44F4N10O5. The third-order valence-corrected chi connectivity index (χ3v) is 12.2. The first kappa shape index (κ1) is 38.8. The van der Waals surface area contributed by atoms with E-state index in [0.29, 0.717) is 62.4 Å². The number of benzene rings is 2. The van der Waals surface area contributed by atoms with Crippen LogP contribution in [0, 0.1) is 23.4 Å². The maximum absolute atomic E-state index is 16.2. The molecule has 0 spiro atoms. The van der Waals surface area contributed by atoms with E-state index >= 15 is 13.2 Å². The van der Waals surface area contributed by atoms with Crippen molar-refractivity contribution >= 4 is 50.9 Å². The zero-order chi connectivity index (χ0) is 41.3. The molecule has 3 saturated heterocycles. The number of likely N-dealkylation sites (N-methyl/N-ethyl adjacent to an activating group) is 2. The molecule has 1 saturated carbocycles. The van der Waals surface area contributed by atoms with Crippen LogP contribution in [0.15, 0.2) is 38.5 Å². The second kappa shape index (κ2) is 15.2. The van der Waals surface area contributed by atoms with E-state index in [1.54, 1.807) is 11.1 Å². The van der Waals surface area contributed by atoms with Crippen molar-refractivity contribution in [2.24, 2.45) is 5.92 Å².